The van der Waals surface area contributed by atoms with Gasteiger partial charge in [-0.05, 0) is 91.8 Å². The minimum Gasteiger partial charge on any atom is -0.406 e. The number of benzene rings is 3. The molecule has 4 aromatic rings. The second kappa shape index (κ2) is 11.8. The van der Waals surface area contributed by atoms with Crippen LogP contribution in [0, 0.1) is 13.8 Å². The van der Waals surface area contributed by atoms with Crippen LogP contribution in [0.3, 0.4) is 0 Å². The second-order valence-electron chi connectivity index (χ2n) is 10.6. The number of aryl methyl sites for hydroxylation is 3. The van der Waals surface area contributed by atoms with Crippen molar-refractivity contribution in [2.75, 3.05) is 10.7 Å². The van der Waals surface area contributed by atoms with Crippen LogP contribution in [0.25, 0.3) is 17.1 Å². The van der Waals surface area contributed by atoms with E-state index in [9.17, 15) is 22.8 Å². The summed E-state index contributed by atoms with van der Waals surface area (Å²) in [5.74, 6) is 0.289. The number of ether oxygens (including phenoxy) is 1. The summed E-state index contributed by atoms with van der Waals surface area (Å²) in [7, 11) is 0. The van der Waals surface area contributed by atoms with E-state index in [1.807, 2.05) is 50.2 Å². The summed E-state index contributed by atoms with van der Waals surface area (Å²) in [6, 6.07) is 16.6. The molecule has 0 bridgehead atoms. The lowest BCUT2D eigenvalue weighted by Gasteiger charge is -2.25. The highest BCUT2D eigenvalue weighted by molar-refractivity contribution is 8.15. The fourth-order valence-corrected chi connectivity index (χ4v) is 6.13. The van der Waals surface area contributed by atoms with Gasteiger partial charge in [0.15, 0.2) is 11.0 Å². The molecule has 44 heavy (non-hydrogen) atoms. The van der Waals surface area contributed by atoms with Gasteiger partial charge in [-0.1, -0.05) is 36.0 Å². The van der Waals surface area contributed by atoms with Gasteiger partial charge in [-0.15, -0.1) is 18.3 Å². The van der Waals surface area contributed by atoms with Gasteiger partial charge in [0.1, 0.15) is 12.1 Å². The summed E-state index contributed by atoms with van der Waals surface area (Å²) < 4.78 is 42.7. The van der Waals surface area contributed by atoms with Crippen molar-refractivity contribution in [3.63, 3.8) is 0 Å². The predicted molar refractivity (Wildman–Crippen MR) is 161 cm³/mol. The quantitative estimate of drug-likeness (QED) is 0.287. The molecule has 13 heteroatoms. The van der Waals surface area contributed by atoms with Crippen molar-refractivity contribution < 1.29 is 27.5 Å². The van der Waals surface area contributed by atoms with Crippen molar-refractivity contribution >= 4 is 34.6 Å². The first-order valence-corrected chi connectivity index (χ1v) is 14.8. The van der Waals surface area contributed by atoms with Crippen LogP contribution in [0.15, 0.2) is 72.0 Å². The minimum absolute atomic E-state index is 0.106. The third-order valence-electron chi connectivity index (χ3n) is 7.42. The summed E-state index contributed by atoms with van der Waals surface area (Å²) in [4.78, 5) is 35.8. The molecule has 1 N–H and O–H groups in total. The molecule has 3 aromatic carbocycles. The summed E-state index contributed by atoms with van der Waals surface area (Å²) in [6.07, 6.45) is -1.18. The molecule has 1 unspecified atom stereocenters. The summed E-state index contributed by atoms with van der Waals surface area (Å²) in [6.45, 7) is 3.88. The summed E-state index contributed by atoms with van der Waals surface area (Å²) >= 11 is 1.25. The van der Waals surface area contributed by atoms with Crippen LogP contribution in [0.4, 0.5) is 23.7 Å². The minimum atomic E-state index is -4.76. The Hall–Kier alpha value is -4.65. The molecule has 1 fully saturated rings. The van der Waals surface area contributed by atoms with Crippen LogP contribution in [0.1, 0.15) is 28.7 Å². The Morgan fingerprint density at radius 3 is 2.64 bits per heavy atom. The zero-order chi connectivity index (χ0) is 31.0. The maximum absolute atomic E-state index is 12.9. The SMILES string of the molecule is Cc1ccc(C)c(N2C(=O)CSC2=NC(=O)NC2CCc3cc(-c4ncn(-c5ccc(OC(F)(F)F)cc5)n4)ccc3C2)c1. The van der Waals surface area contributed by atoms with E-state index < -0.39 is 12.4 Å². The second-order valence-corrected chi connectivity index (χ2v) is 11.6. The number of hydrogen-bond acceptors (Lipinski definition) is 6. The van der Waals surface area contributed by atoms with Crippen molar-refractivity contribution in [1.29, 1.82) is 0 Å². The van der Waals surface area contributed by atoms with Gasteiger partial charge in [0.2, 0.25) is 5.91 Å². The number of thioether (sulfide) groups is 1. The highest BCUT2D eigenvalue weighted by Crippen LogP contribution is 2.31. The number of carbonyl (C=O) groups is 2. The number of aromatic nitrogens is 3. The number of amides is 3. The number of aliphatic imine (C=N–C) groups is 1. The number of fused-ring (bicyclic) bond motifs is 1. The third-order valence-corrected chi connectivity index (χ3v) is 8.34. The molecule has 2 heterocycles. The largest absolute Gasteiger partial charge is 0.573 e. The smallest absolute Gasteiger partial charge is 0.406 e. The van der Waals surface area contributed by atoms with Gasteiger partial charge in [0.05, 0.1) is 17.1 Å². The Kier molecular flexibility index (Phi) is 7.89. The molecule has 9 nitrogen and oxygen atoms in total. The number of anilines is 1. The number of hydrogen-bond donors (Lipinski definition) is 1. The van der Waals surface area contributed by atoms with Crippen LogP contribution >= 0.6 is 11.8 Å². The zero-order valence-corrected chi connectivity index (χ0v) is 24.6. The van der Waals surface area contributed by atoms with Gasteiger partial charge in [-0.25, -0.2) is 14.5 Å². The average Bonchev–Trinajstić information content (AvgIpc) is 3.61. The molecule has 0 radical (unpaired) electrons. The summed E-state index contributed by atoms with van der Waals surface area (Å²) in [5, 5.41) is 7.87. The Morgan fingerprint density at radius 1 is 1.07 bits per heavy atom. The van der Waals surface area contributed by atoms with Gasteiger partial charge in [-0.2, -0.15) is 4.99 Å². The average molecular weight is 621 g/mol. The van der Waals surface area contributed by atoms with Crippen molar-refractivity contribution in [2.45, 2.75) is 45.5 Å². The third kappa shape index (κ3) is 6.47. The maximum atomic E-state index is 12.9. The molecule has 6 rings (SSSR count). The number of urea groups is 1. The molecule has 2 aliphatic rings. The van der Waals surface area contributed by atoms with E-state index >= 15 is 0 Å². The Bertz CT molecular complexity index is 1770. The monoisotopic (exact) mass is 620 g/mol. The van der Waals surface area contributed by atoms with Crippen LogP contribution < -0.4 is 15.0 Å². The fourth-order valence-electron chi connectivity index (χ4n) is 5.27. The van der Waals surface area contributed by atoms with Crippen molar-refractivity contribution in [3.05, 3.63) is 89.2 Å². The Labute approximate surface area is 255 Å². The standard InChI is InChI=1S/C31H27F3N6O3S/c1-18-3-4-19(2)26(13-18)40-27(41)16-44-30(40)37-29(42)36-23-8-7-20-14-22(6-5-21(20)15-23)28-35-17-39(38-28)24-9-11-25(12-10-24)43-31(32,33)34/h3-6,9-14,17,23H,7-8,15-16H2,1-2H3,(H,36,42). The first kappa shape index (κ1) is 29.4. The fraction of sp³-hybridized carbons (Fsp3) is 0.258. The number of amidine groups is 1. The van der Waals surface area contributed by atoms with E-state index in [0.29, 0.717) is 29.5 Å². The predicted octanol–water partition coefficient (Wildman–Crippen LogP) is 6.15. The molecular formula is C31H27F3N6O3S. The maximum Gasteiger partial charge on any atom is 0.573 e. The molecule has 226 valence electrons. The number of nitrogens with zero attached hydrogens (tertiary/aromatic N) is 5. The van der Waals surface area contributed by atoms with E-state index in [1.165, 1.54) is 51.9 Å². The molecular weight excluding hydrogens is 593 g/mol. The normalized spacial score (nSPS) is 17.6. The van der Waals surface area contributed by atoms with Crippen LogP contribution in [-0.2, 0) is 17.6 Å². The number of halogens is 3. The molecule has 3 amide bonds. The van der Waals surface area contributed by atoms with Crippen molar-refractivity contribution in [1.82, 2.24) is 20.1 Å². The van der Waals surface area contributed by atoms with Crippen molar-refractivity contribution in [3.8, 4) is 22.8 Å². The molecule has 1 aromatic heterocycles. The van der Waals surface area contributed by atoms with E-state index in [2.05, 4.69) is 25.1 Å². The van der Waals surface area contributed by atoms with Crippen LogP contribution in [0.5, 0.6) is 5.75 Å². The topological polar surface area (TPSA) is 102 Å². The lowest BCUT2D eigenvalue weighted by Crippen LogP contribution is -2.38. The van der Waals surface area contributed by atoms with Gasteiger partial charge in [0, 0.05) is 11.6 Å². The highest BCUT2D eigenvalue weighted by Gasteiger charge is 2.32. The van der Waals surface area contributed by atoms with Gasteiger partial charge >= 0.3 is 12.4 Å². The highest BCUT2D eigenvalue weighted by atomic mass is 32.2. The first-order valence-electron chi connectivity index (χ1n) is 13.8. The van der Waals surface area contributed by atoms with Gasteiger partial charge in [-0.3, -0.25) is 9.69 Å². The van der Waals surface area contributed by atoms with Crippen LogP contribution in [-0.4, -0.2) is 50.0 Å². The van der Waals surface area contributed by atoms with E-state index in [-0.39, 0.29) is 23.5 Å². The summed E-state index contributed by atoms with van der Waals surface area (Å²) in [5.41, 5.74) is 6.25. The molecule has 0 saturated carbocycles. The molecule has 0 spiro atoms. The van der Waals surface area contributed by atoms with Gasteiger partial charge < -0.3 is 10.1 Å². The zero-order valence-electron chi connectivity index (χ0n) is 23.8. The number of nitrogens with one attached hydrogen (secondary N) is 1. The number of carbonyl (C=O) groups excluding carboxylic acids is 2. The molecule has 1 aliphatic heterocycles. The Morgan fingerprint density at radius 2 is 1.86 bits per heavy atom. The number of rotatable bonds is 5. The van der Waals surface area contributed by atoms with E-state index in [0.717, 1.165) is 39.9 Å². The lowest BCUT2D eigenvalue weighted by molar-refractivity contribution is -0.274. The van der Waals surface area contributed by atoms with E-state index in [4.69, 9.17) is 0 Å². The number of alkyl halides is 3. The van der Waals surface area contributed by atoms with Gasteiger partial charge in [0.25, 0.3) is 0 Å². The molecule has 1 saturated heterocycles. The van der Waals surface area contributed by atoms with Crippen LogP contribution in [0.2, 0.25) is 0 Å². The molecule has 1 aliphatic carbocycles. The van der Waals surface area contributed by atoms with E-state index in [1.54, 1.807) is 0 Å². The van der Waals surface area contributed by atoms with Crippen molar-refractivity contribution in [2.24, 2.45) is 4.99 Å². The first-order chi connectivity index (χ1) is 21.0. The lowest BCUT2D eigenvalue weighted by atomic mass is 9.87. The Balaban J connectivity index is 1.11. The molecule has 1 atom stereocenters.